The third-order valence-electron chi connectivity index (χ3n) is 5.12. The van der Waals surface area contributed by atoms with E-state index in [0.717, 1.165) is 57.1 Å². The molecule has 2 aliphatic heterocycles. The van der Waals surface area contributed by atoms with Gasteiger partial charge in [-0.2, -0.15) is 4.98 Å². The van der Waals surface area contributed by atoms with Crippen LogP contribution in [0.5, 0.6) is 0 Å². The van der Waals surface area contributed by atoms with Gasteiger partial charge in [0, 0.05) is 63.6 Å². The summed E-state index contributed by atoms with van der Waals surface area (Å²) in [5.74, 6) is 0.755. The molecule has 2 aliphatic rings. The zero-order valence-electron chi connectivity index (χ0n) is 14.7. The van der Waals surface area contributed by atoms with Crippen LogP contribution in [0, 0.1) is 11.6 Å². The van der Waals surface area contributed by atoms with Gasteiger partial charge in [0.15, 0.2) is 0 Å². The first-order chi connectivity index (χ1) is 12.7. The zero-order valence-corrected chi connectivity index (χ0v) is 14.7. The molecular weight excluding hydrogens is 336 g/mol. The van der Waals surface area contributed by atoms with Crippen molar-refractivity contribution in [1.82, 2.24) is 14.9 Å². The highest BCUT2D eigenvalue weighted by Gasteiger charge is 2.21. The van der Waals surface area contributed by atoms with Crippen molar-refractivity contribution in [1.29, 1.82) is 0 Å². The summed E-state index contributed by atoms with van der Waals surface area (Å²) < 4.78 is 26.9. The lowest BCUT2D eigenvalue weighted by atomic mass is 10.2. The Balaban J connectivity index is 1.37. The second kappa shape index (κ2) is 7.53. The Kier molecular flexibility index (Phi) is 4.97. The van der Waals surface area contributed by atoms with Crippen LogP contribution >= 0.6 is 0 Å². The highest BCUT2D eigenvalue weighted by molar-refractivity contribution is 5.44. The molecule has 0 atom stereocenters. The van der Waals surface area contributed by atoms with E-state index in [9.17, 15) is 8.78 Å². The molecule has 4 rings (SSSR count). The van der Waals surface area contributed by atoms with Crippen molar-refractivity contribution in [3.05, 3.63) is 47.7 Å². The molecule has 0 bridgehead atoms. The molecule has 0 spiro atoms. The second-order valence-corrected chi connectivity index (χ2v) is 6.91. The van der Waals surface area contributed by atoms with E-state index in [4.69, 9.17) is 4.98 Å². The maximum atomic E-state index is 13.8. The quantitative estimate of drug-likeness (QED) is 0.839. The average Bonchev–Trinajstić information content (AvgIpc) is 3.20. The van der Waals surface area contributed by atoms with E-state index in [1.807, 2.05) is 12.3 Å². The van der Waals surface area contributed by atoms with Crippen LogP contribution < -0.4 is 9.80 Å². The van der Waals surface area contributed by atoms with Crippen LogP contribution in [0.4, 0.5) is 20.5 Å². The van der Waals surface area contributed by atoms with Crippen LogP contribution in [0.3, 0.4) is 0 Å². The van der Waals surface area contributed by atoms with Crippen molar-refractivity contribution in [2.24, 2.45) is 0 Å². The molecule has 3 heterocycles. The molecule has 2 saturated heterocycles. The maximum Gasteiger partial charge on any atom is 0.227 e. The molecule has 7 heteroatoms. The molecule has 5 nitrogen and oxygen atoms in total. The number of aromatic nitrogens is 2. The van der Waals surface area contributed by atoms with E-state index in [1.165, 1.54) is 25.0 Å². The first-order valence-electron chi connectivity index (χ1n) is 9.18. The van der Waals surface area contributed by atoms with Crippen molar-refractivity contribution in [2.45, 2.75) is 19.4 Å². The standard InChI is InChI=1S/C19H23F2N5/c20-16-4-3-15(17(21)13-16)14-24-9-11-26(12-10-24)19-22-6-5-18(23-19)25-7-1-2-8-25/h3-6,13H,1-2,7-12,14H2. The van der Waals surface area contributed by atoms with Crippen LogP contribution in [0.25, 0.3) is 0 Å². The summed E-state index contributed by atoms with van der Waals surface area (Å²) in [6, 6.07) is 5.76. The molecule has 1 aromatic heterocycles. The highest BCUT2D eigenvalue weighted by atomic mass is 19.1. The minimum absolute atomic E-state index is 0.478. The normalized spacial score (nSPS) is 18.5. The Hall–Kier alpha value is -2.28. The minimum Gasteiger partial charge on any atom is -0.356 e. The molecule has 138 valence electrons. The van der Waals surface area contributed by atoms with E-state index in [1.54, 1.807) is 0 Å². The van der Waals surface area contributed by atoms with Gasteiger partial charge in [-0.1, -0.05) is 6.07 Å². The third-order valence-corrected chi connectivity index (χ3v) is 5.12. The van der Waals surface area contributed by atoms with E-state index >= 15 is 0 Å². The topological polar surface area (TPSA) is 35.5 Å². The number of nitrogens with zero attached hydrogens (tertiary/aromatic N) is 5. The van der Waals surface area contributed by atoms with Crippen LogP contribution in [-0.4, -0.2) is 54.1 Å². The number of piperazine rings is 1. The first kappa shape index (κ1) is 17.1. The average molecular weight is 359 g/mol. The van der Waals surface area contributed by atoms with Gasteiger partial charge in [0.25, 0.3) is 0 Å². The summed E-state index contributed by atoms with van der Waals surface area (Å²) in [4.78, 5) is 15.8. The molecule has 26 heavy (non-hydrogen) atoms. The second-order valence-electron chi connectivity index (χ2n) is 6.91. The van der Waals surface area contributed by atoms with Crippen LogP contribution in [-0.2, 0) is 6.54 Å². The number of hydrogen-bond donors (Lipinski definition) is 0. The molecule has 0 N–H and O–H groups in total. The molecule has 0 radical (unpaired) electrons. The van der Waals surface area contributed by atoms with Gasteiger partial charge >= 0.3 is 0 Å². The van der Waals surface area contributed by atoms with Gasteiger partial charge in [-0.3, -0.25) is 4.90 Å². The van der Waals surface area contributed by atoms with Crippen molar-refractivity contribution in [3.63, 3.8) is 0 Å². The molecule has 0 amide bonds. The van der Waals surface area contributed by atoms with Gasteiger partial charge in [-0.15, -0.1) is 0 Å². The lowest BCUT2D eigenvalue weighted by Gasteiger charge is -2.35. The number of benzene rings is 1. The van der Waals surface area contributed by atoms with Crippen molar-refractivity contribution >= 4 is 11.8 Å². The predicted molar refractivity (Wildman–Crippen MR) is 97.3 cm³/mol. The van der Waals surface area contributed by atoms with Crippen LogP contribution in [0.2, 0.25) is 0 Å². The summed E-state index contributed by atoms with van der Waals surface area (Å²) in [5, 5.41) is 0. The Morgan fingerprint density at radius 1 is 0.885 bits per heavy atom. The van der Waals surface area contributed by atoms with E-state index < -0.39 is 11.6 Å². The highest BCUT2D eigenvalue weighted by Crippen LogP contribution is 2.21. The third kappa shape index (κ3) is 3.77. The summed E-state index contributed by atoms with van der Waals surface area (Å²) >= 11 is 0. The van der Waals surface area contributed by atoms with Gasteiger partial charge < -0.3 is 9.80 Å². The van der Waals surface area contributed by atoms with Gasteiger partial charge in [0.1, 0.15) is 17.5 Å². The van der Waals surface area contributed by atoms with Gasteiger partial charge in [0.05, 0.1) is 0 Å². The van der Waals surface area contributed by atoms with Gasteiger partial charge in [0.2, 0.25) is 5.95 Å². The summed E-state index contributed by atoms with van der Waals surface area (Å²) in [5.41, 5.74) is 0.534. The first-order valence-corrected chi connectivity index (χ1v) is 9.18. The lowest BCUT2D eigenvalue weighted by Crippen LogP contribution is -2.46. The van der Waals surface area contributed by atoms with Gasteiger partial charge in [-0.25, -0.2) is 13.8 Å². The van der Waals surface area contributed by atoms with E-state index in [-0.39, 0.29) is 0 Å². The molecule has 2 aromatic rings. The Labute approximate surface area is 152 Å². The Morgan fingerprint density at radius 2 is 1.65 bits per heavy atom. The number of anilines is 2. The van der Waals surface area contributed by atoms with Gasteiger partial charge in [-0.05, 0) is 25.0 Å². The fraction of sp³-hybridized carbons (Fsp3) is 0.474. The monoisotopic (exact) mass is 359 g/mol. The molecule has 0 unspecified atom stereocenters. The fourth-order valence-corrected chi connectivity index (χ4v) is 3.61. The van der Waals surface area contributed by atoms with Crippen molar-refractivity contribution in [3.8, 4) is 0 Å². The Morgan fingerprint density at radius 3 is 2.38 bits per heavy atom. The lowest BCUT2D eigenvalue weighted by molar-refractivity contribution is 0.245. The van der Waals surface area contributed by atoms with Crippen LogP contribution in [0.15, 0.2) is 30.5 Å². The maximum absolute atomic E-state index is 13.8. The molecule has 0 aliphatic carbocycles. The SMILES string of the molecule is Fc1ccc(CN2CCN(c3nccc(N4CCCC4)n3)CC2)c(F)c1. The molecule has 1 aromatic carbocycles. The summed E-state index contributed by atoms with van der Waals surface area (Å²) in [7, 11) is 0. The fourth-order valence-electron chi connectivity index (χ4n) is 3.61. The van der Waals surface area contributed by atoms with Crippen molar-refractivity contribution in [2.75, 3.05) is 49.1 Å². The van der Waals surface area contributed by atoms with E-state index in [0.29, 0.717) is 12.1 Å². The number of hydrogen-bond acceptors (Lipinski definition) is 5. The summed E-state index contributed by atoms with van der Waals surface area (Å²) in [6.45, 7) is 5.82. The molecule has 0 saturated carbocycles. The largest absolute Gasteiger partial charge is 0.356 e. The van der Waals surface area contributed by atoms with E-state index in [2.05, 4.69) is 19.7 Å². The predicted octanol–water partition coefficient (Wildman–Crippen LogP) is 2.68. The smallest absolute Gasteiger partial charge is 0.227 e. The number of halogens is 2. The molecule has 2 fully saturated rings. The Bertz CT molecular complexity index is 755. The van der Waals surface area contributed by atoms with Crippen molar-refractivity contribution < 1.29 is 8.78 Å². The summed E-state index contributed by atoms with van der Waals surface area (Å²) in [6.07, 6.45) is 4.27. The molecular formula is C19H23F2N5. The zero-order chi connectivity index (χ0) is 17.9. The van der Waals surface area contributed by atoms with Crippen LogP contribution in [0.1, 0.15) is 18.4 Å². The number of rotatable bonds is 4. The minimum atomic E-state index is -0.536.